The third-order valence-electron chi connectivity index (χ3n) is 3.36. The van der Waals surface area contributed by atoms with Crippen LogP contribution in [0.2, 0.25) is 0 Å². The molecule has 1 aromatic rings. The lowest BCUT2D eigenvalue weighted by Crippen LogP contribution is -2.22. The molecule has 0 radical (unpaired) electrons. The number of hydrogen-bond acceptors (Lipinski definition) is 3. The molecule has 0 bridgehead atoms. The highest BCUT2D eigenvalue weighted by molar-refractivity contribution is 9.10. The second-order valence-electron chi connectivity index (χ2n) is 5.84. The Balaban J connectivity index is 2.10. The van der Waals surface area contributed by atoms with Gasteiger partial charge in [0, 0.05) is 23.0 Å². The van der Waals surface area contributed by atoms with Crippen LogP contribution in [0.1, 0.15) is 31.4 Å². The van der Waals surface area contributed by atoms with Crippen molar-refractivity contribution in [1.82, 2.24) is 5.32 Å². The van der Waals surface area contributed by atoms with Crippen molar-refractivity contribution in [3.63, 3.8) is 0 Å². The molecule has 0 aliphatic carbocycles. The summed E-state index contributed by atoms with van der Waals surface area (Å²) >= 11 is 3.57. The maximum absolute atomic E-state index is 6.16. The Labute approximate surface area is 130 Å². The quantitative estimate of drug-likeness (QED) is 0.856. The van der Waals surface area contributed by atoms with Gasteiger partial charge in [-0.3, -0.25) is 0 Å². The van der Waals surface area contributed by atoms with Crippen LogP contribution in [0.5, 0.6) is 5.75 Å². The van der Waals surface area contributed by atoms with Crippen molar-refractivity contribution >= 4 is 15.9 Å². The Morgan fingerprint density at radius 3 is 2.90 bits per heavy atom. The molecule has 1 aromatic carbocycles. The lowest BCUT2D eigenvalue weighted by molar-refractivity contribution is 0.140. The summed E-state index contributed by atoms with van der Waals surface area (Å²) in [7, 11) is 0. The van der Waals surface area contributed by atoms with Crippen molar-refractivity contribution < 1.29 is 9.47 Å². The van der Waals surface area contributed by atoms with Crippen LogP contribution >= 0.6 is 15.9 Å². The van der Waals surface area contributed by atoms with Crippen LogP contribution in [0.3, 0.4) is 0 Å². The average molecular weight is 342 g/mol. The fourth-order valence-corrected chi connectivity index (χ4v) is 2.99. The van der Waals surface area contributed by atoms with Gasteiger partial charge < -0.3 is 14.8 Å². The Bertz CT molecular complexity index is 442. The predicted octanol–water partition coefficient (Wildman–Crippen LogP) is 3.67. The van der Waals surface area contributed by atoms with Crippen LogP contribution < -0.4 is 10.1 Å². The van der Waals surface area contributed by atoms with E-state index in [0.717, 1.165) is 36.3 Å². The molecule has 0 aromatic heterocycles. The van der Waals surface area contributed by atoms with E-state index in [9.17, 15) is 0 Å². The fraction of sp³-hybridized carbons (Fsp3) is 0.625. The van der Waals surface area contributed by atoms with Crippen molar-refractivity contribution in [3.05, 3.63) is 27.7 Å². The van der Waals surface area contributed by atoms with Crippen LogP contribution in [-0.4, -0.2) is 25.9 Å². The van der Waals surface area contributed by atoms with E-state index in [0.29, 0.717) is 12.5 Å². The normalized spacial score (nSPS) is 18.8. The fourth-order valence-electron chi connectivity index (χ4n) is 2.37. The summed E-state index contributed by atoms with van der Waals surface area (Å²) in [4.78, 5) is 0. The van der Waals surface area contributed by atoms with E-state index in [-0.39, 0.29) is 6.10 Å². The third-order valence-corrected chi connectivity index (χ3v) is 3.81. The zero-order chi connectivity index (χ0) is 14.5. The second kappa shape index (κ2) is 7.43. The van der Waals surface area contributed by atoms with Gasteiger partial charge in [0.1, 0.15) is 11.9 Å². The van der Waals surface area contributed by atoms with E-state index in [1.54, 1.807) is 0 Å². The number of rotatable bonds is 6. The van der Waals surface area contributed by atoms with Crippen LogP contribution in [0.25, 0.3) is 0 Å². The number of aryl methyl sites for hydroxylation is 1. The van der Waals surface area contributed by atoms with Crippen molar-refractivity contribution in [2.45, 2.75) is 39.8 Å². The van der Waals surface area contributed by atoms with Gasteiger partial charge in [-0.15, -0.1) is 0 Å². The number of ether oxygens (including phenoxy) is 2. The molecule has 2 rings (SSSR count). The summed E-state index contributed by atoms with van der Waals surface area (Å²) < 4.78 is 12.7. The van der Waals surface area contributed by atoms with Gasteiger partial charge in [-0.05, 0) is 37.1 Å². The molecule has 1 fully saturated rings. The molecule has 1 heterocycles. The molecule has 112 valence electrons. The van der Waals surface area contributed by atoms with Crippen molar-refractivity contribution in [2.75, 3.05) is 19.8 Å². The molecule has 1 aliphatic rings. The van der Waals surface area contributed by atoms with E-state index in [1.165, 1.54) is 11.1 Å². The molecule has 3 nitrogen and oxygen atoms in total. The summed E-state index contributed by atoms with van der Waals surface area (Å²) in [6.45, 7) is 9.88. The van der Waals surface area contributed by atoms with Gasteiger partial charge in [0.2, 0.25) is 0 Å². The monoisotopic (exact) mass is 341 g/mol. The van der Waals surface area contributed by atoms with Gasteiger partial charge in [-0.25, -0.2) is 0 Å². The lowest BCUT2D eigenvalue weighted by atomic mass is 10.1. The SMILES string of the molecule is Cc1cc(Br)cc(CNCC(C)C)c1OC1CCOC1. The summed E-state index contributed by atoms with van der Waals surface area (Å²) in [5.74, 6) is 1.66. The van der Waals surface area contributed by atoms with Gasteiger partial charge in [-0.2, -0.15) is 0 Å². The second-order valence-corrected chi connectivity index (χ2v) is 6.75. The van der Waals surface area contributed by atoms with Gasteiger partial charge >= 0.3 is 0 Å². The Morgan fingerprint density at radius 1 is 1.45 bits per heavy atom. The predicted molar refractivity (Wildman–Crippen MR) is 85.3 cm³/mol. The third kappa shape index (κ3) is 4.47. The minimum atomic E-state index is 0.193. The summed E-state index contributed by atoms with van der Waals surface area (Å²) in [5.41, 5.74) is 2.39. The largest absolute Gasteiger partial charge is 0.487 e. The molecule has 0 saturated carbocycles. The number of nitrogens with one attached hydrogen (secondary N) is 1. The van der Waals surface area contributed by atoms with Crippen LogP contribution in [0.4, 0.5) is 0 Å². The first-order valence-corrected chi connectivity index (χ1v) is 8.09. The Morgan fingerprint density at radius 2 is 2.25 bits per heavy atom. The highest BCUT2D eigenvalue weighted by atomic mass is 79.9. The molecule has 20 heavy (non-hydrogen) atoms. The minimum absolute atomic E-state index is 0.193. The van der Waals surface area contributed by atoms with Crippen molar-refractivity contribution in [1.29, 1.82) is 0 Å². The topological polar surface area (TPSA) is 30.5 Å². The summed E-state index contributed by atoms with van der Waals surface area (Å²) in [6.07, 6.45) is 1.17. The number of hydrogen-bond donors (Lipinski definition) is 1. The van der Waals surface area contributed by atoms with Gasteiger partial charge in [0.15, 0.2) is 0 Å². The van der Waals surface area contributed by atoms with Crippen molar-refractivity contribution in [3.8, 4) is 5.75 Å². The summed E-state index contributed by atoms with van der Waals surface area (Å²) in [6, 6.07) is 4.25. The molecule has 1 N–H and O–H groups in total. The molecule has 1 saturated heterocycles. The first-order chi connectivity index (χ1) is 9.56. The zero-order valence-corrected chi connectivity index (χ0v) is 14.1. The average Bonchev–Trinajstić information content (AvgIpc) is 2.85. The first kappa shape index (κ1) is 15.8. The van der Waals surface area contributed by atoms with E-state index in [4.69, 9.17) is 9.47 Å². The molecule has 0 spiro atoms. The van der Waals surface area contributed by atoms with Gasteiger partial charge in [-0.1, -0.05) is 29.8 Å². The van der Waals surface area contributed by atoms with Crippen LogP contribution in [0.15, 0.2) is 16.6 Å². The molecular weight excluding hydrogens is 318 g/mol. The number of benzene rings is 1. The van der Waals surface area contributed by atoms with Crippen LogP contribution in [-0.2, 0) is 11.3 Å². The Kier molecular flexibility index (Phi) is 5.87. The summed E-state index contributed by atoms with van der Waals surface area (Å²) in [5, 5.41) is 3.49. The molecular formula is C16H24BrNO2. The van der Waals surface area contributed by atoms with Gasteiger partial charge in [0.05, 0.1) is 13.2 Å². The highest BCUT2D eigenvalue weighted by Gasteiger charge is 2.20. The Hall–Kier alpha value is -0.580. The van der Waals surface area contributed by atoms with E-state index in [1.807, 2.05) is 0 Å². The maximum Gasteiger partial charge on any atom is 0.127 e. The van der Waals surface area contributed by atoms with E-state index >= 15 is 0 Å². The van der Waals surface area contributed by atoms with E-state index < -0.39 is 0 Å². The van der Waals surface area contributed by atoms with Crippen LogP contribution in [0, 0.1) is 12.8 Å². The maximum atomic E-state index is 6.16. The highest BCUT2D eigenvalue weighted by Crippen LogP contribution is 2.30. The smallest absolute Gasteiger partial charge is 0.127 e. The standard InChI is InChI=1S/C16H24BrNO2/c1-11(2)8-18-9-13-7-14(17)6-12(3)16(13)20-15-4-5-19-10-15/h6-7,11,15,18H,4-5,8-10H2,1-3H3. The van der Waals surface area contributed by atoms with Gasteiger partial charge in [0.25, 0.3) is 0 Å². The number of halogens is 1. The zero-order valence-electron chi connectivity index (χ0n) is 12.5. The molecule has 1 atom stereocenters. The molecule has 1 aliphatic heterocycles. The first-order valence-electron chi connectivity index (χ1n) is 7.30. The molecule has 4 heteroatoms. The lowest BCUT2D eigenvalue weighted by Gasteiger charge is -2.19. The molecule has 1 unspecified atom stereocenters. The van der Waals surface area contributed by atoms with Crippen molar-refractivity contribution in [2.24, 2.45) is 5.92 Å². The molecule has 0 amide bonds. The van der Waals surface area contributed by atoms with E-state index in [2.05, 4.69) is 54.2 Å². The minimum Gasteiger partial charge on any atom is -0.487 e.